The van der Waals surface area contributed by atoms with Gasteiger partial charge in [0, 0.05) is 28.5 Å². The Morgan fingerprint density at radius 1 is 1.60 bits per heavy atom. The van der Waals surface area contributed by atoms with Crippen LogP contribution in [0, 0.1) is 5.92 Å². The highest BCUT2D eigenvalue weighted by molar-refractivity contribution is 9.10. The molecule has 0 amide bonds. The Balaban J connectivity index is 2.25. The highest BCUT2D eigenvalue weighted by atomic mass is 79.9. The summed E-state index contributed by atoms with van der Waals surface area (Å²) in [5.74, 6) is 0.587. The van der Waals surface area contributed by atoms with Gasteiger partial charge in [0.25, 0.3) is 0 Å². The quantitative estimate of drug-likeness (QED) is 0.845. The lowest BCUT2D eigenvalue weighted by Crippen LogP contribution is -2.38. The normalized spacial score (nSPS) is 15.2. The third kappa shape index (κ3) is 4.23. The average molecular weight is 291 g/mol. The van der Waals surface area contributed by atoms with Gasteiger partial charge in [0.05, 0.1) is 0 Å². The van der Waals surface area contributed by atoms with E-state index in [1.807, 2.05) is 0 Å². The molecule has 0 bridgehead atoms. The van der Waals surface area contributed by atoms with Gasteiger partial charge in [-0.3, -0.25) is 0 Å². The van der Waals surface area contributed by atoms with Crippen LogP contribution in [-0.4, -0.2) is 12.6 Å². The molecule has 0 aromatic carbocycles. The van der Waals surface area contributed by atoms with Crippen molar-refractivity contribution >= 4 is 27.3 Å². The van der Waals surface area contributed by atoms with Crippen LogP contribution in [0.2, 0.25) is 0 Å². The van der Waals surface area contributed by atoms with Gasteiger partial charge in [-0.2, -0.15) is 0 Å². The van der Waals surface area contributed by atoms with E-state index in [2.05, 4.69) is 46.5 Å². The maximum Gasteiger partial charge on any atom is 0.0327 e. The summed E-state index contributed by atoms with van der Waals surface area (Å²) < 4.78 is 1.19. The van der Waals surface area contributed by atoms with Crippen LogP contribution in [0.5, 0.6) is 0 Å². The summed E-state index contributed by atoms with van der Waals surface area (Å²) >= 11 is 5.28. The van der Waals surface area contributed by atoms with Crippen LogP contribution in [0.4, 0.5) is 0 Å². The highest BCUT2D eigenvalue weighted by Gasteiger charge is 2.10. The van der Waals surface area contributed by atoms with Gasteiger partial charge in [0.1, 0.15) is 0 Å². The number of rotatable bonds is 6. The Hall–Kier alpha value is 0.100. The van der Waals surface area contributed by atoms with Crippen molar-refractivity contribution in [3.05, 3.63) is 20.8 Å². The lowest BCUT2D eigenvalue weighted by Gasteiger charge is -2.18. The summed E-state index contributed by atoms with van der Waals surface area (Å²) in [6.45, 7) is 6.18. The van der Waals surface area contributed by atoms with E-state index >= 15 is 0 Å². The van der Waals surface area contributed by atoms with Gasteiger partial charge < -0.3 is 11.1 Å². The van der Waals surface area contributed by atoms with E-state index in [0.29, 0.717) is 5.92 Å². The molecule has 1 heterocycles. The number of nitrogens with one attached hydrogen (secondary N) is 1. The molecule has 0 saturated heterocycles. The molecular weight excluding hydrogens is 272 g/mol. The van der Waals surface area contributed by atoms with Crippen LogP contribution in [-0.2, 0) is 6.54 Å². The van der Waals surface area contributed by atoms with Crippen molar-refractivity contribution < 1.29 is 0 Å². The smallest absolute Gasteiger partial charge is 0.0327 e. The fraction of sp³-hybridized carbons (Fsp3) is 0.636. The topological polar surface area (TPSA) is 38.0 Å². The second-order valence-electron chi connectivity index (χ2n) is 3.87. The van der Waals surface area contributed by atoms with E-state index in [4.69, 9.17) is 5.73 Å². The molecule has 0 aliphatic rings. The Morgan fingerprint density at radius 2 is 2.33 bits per heavy atom. The molecule has 86 valence electrons. The first-order valence-corrected chi connectivity index (χ1v) is 7.00. The Bertz CT molecular complexity index is 288. The predicted molar refractivity (Wildman–Crippen MR) is 71.2 cm³/mol. The largest absolute Gasteiger partial charge is 0.326 e. The SMILES string of the molecule is CCC(C)C(N)CNCc1sccc1Br. The average Bonchev–Trinajstić information content (AvgIpc) is 2.63. The molecule has 0 saturated carbocycles. The van der Waals surface area contributed by atoms with Gasteiger partial charge in [-0.1, -0.05) is 20.3 Å². The van der Waals surface area contributed by atoms with E-state index in [9.17, 15) is 0 Å². The highest BCUT2D eigenvalue weighted by Crippen LogP contribution is 2.22. The van der Waals surface area contributed by atoms with Crippen LogP contribution >= 0.6 is 27.3 Å². The van der Waals surface area contributed by atoms with E-state index < -0.39 is 0 Å². The minimum absolute atomic E-state index is 0.258. The van der Waals surface area contributed by atoms with Gasteiger partial charge in [0.2, 0.25) is 0 Å². The molecule has 2 atom stereocenters. The third-order valence-corrected chi connectivity index (χ3v) is 4.66. The van der Waals surface area contributed by atoms with Gasteiger partial charge in [-0.15, -0.1) is 11.3 Å². The van der Waals surface area contributed by atoms with Crippen LogP contribution in [0.15, 0.2) is 15.9 Å². The molecule has 15 heavy (non-hydrogen) atoms. The number of hydrogen-bond donors (Lipinski definition) is 2. The van der Waals surface area contributed by atoms with Crippen molar-refractivity contribution in [2.75, 3.05) is 6.54 Å². The molecule has 0 fully saturated rings. The predicted octanol–water partition coefficient (Wildman–Crippen LogP) is 2.97. The summed E-state index contributed by atoms with van der Waals surface area (Å²) in [6.07, 6.45) is 1.14. The molecule has 4 heteroatoms. The van der Waals surface area contributed by atoms with Crippen molar-refractivity contribution in [2.45, 2.75) is 32.9 Å². The van der Waals surface area contributed by atoms with E-state index in [-0.39, 0.29) is 6.04 Å². The number of thiophene rings is 1. The summed E-state index contributed by atoms with van der Waals surface area (Å²) in [6, 6.07) is 2.34. The first kappa shape index (κ1) is 13.2. The fourth-order valence-electron chi connectivity index (χ4n) is 1.31. The van der Waals surface area contributed by atoms with E-state index in [1.54, 1.807) is 11.3 Å². The zero-order valence-corrected chi connectivity index (χ0v) is 11.7. The Labute approximate surface area is 104 Å². The summed E-state index contributed by atoms with van der Waals surface area (Å²) in [5, 5.41) is 5.49. The van der Waals surface area contributed by atoms with E-state index in [0.717, 1.165) is 19.5 Å². The molecule has 0 aliphatic heterocycles. The fourth-order valence-corrected chi connectivity index (χ4v) is 2.77. The molecule has 0 aliphatic carbocycles. The van der Waals surface area contributed by atoms with Crippen LogP contribution in [0.1, 0.15) is 25.1 Å². The van der Waals surface area contributed by atoms with Crippen LogP contribution in [0.25, 0.3) is 0 Å². The van der Waals surface area contributed by atoms with Crippen LogP contribution < -0.4 is 11.1 Å². The van der Waals surface area contributed by atoms with Gasteiger partial charge in [0.15, 0.2) is 0 Å². The molecule has 3 N–H and O–H groups in total. The number of halogens is 1. The van der Waals surface area contributed by atoms with Crippen molar-refractivity contribution in [3.8, 4) is 0 Å². The zero-order valence-electron chi connectivity index (χ0n) is 9.29. The molecule has 0 radical (unpaired) electrons. The molecular formula is C11H19BrN2S. The molecule has 2 unspecified atom stereocenters. The molecule has 1 aromatic rings. The molecule has 2 nitrogen and oxygen atoms in total. The number of nitrogens with two attached hydrogens (primary N) is 1. The van der Waals surface area contributed by atoms with Gasteiger partial charge in [-0.25, -0.2) is 0 Å². The Morgan fingerprint density at radius 3 is 2.87 bits per heavy atom. The van der Waals surface area contributed by atoms with Crippen molar-refractivity contribution in [1.29, 1.82) is 0 Å². The van der Waals surface area contributed by atoms with E-state index in [1.165, 1.54) is 9.35 Å². The molecule has 1 rings (SSSR count). The Kier molecular flexibility index (Phi) is 5.82. The van der Waals surface area contributed by atoms with Crippen LogP contribution in [0.3, 0.4) is 0 Å². The molecule has 1 aromatic heterocycles. The zero-order chi connectivity index (χ0) is 11.3. The van der Waals surface area contributed by atoms with Crippen molar-refractivity contribution in [3.63, 3.8) is 0 Å². The maximum atomic E-state index is 6.03. The number of hydrogen-bond acceptors (Lipinski definition) is 3. The molecule has 0 spiro atoms. The third-order valence-electron chi connectivity index (χ3n) is 2.73. The monoisotopic (exact) mass is 290 g/mol. The minimum atomic E-state index is 0.258. The maximum absolute atomic E-state index is 6.03. The van der Waals surface area contributed by atoms with Gasteiger partial charge >= 0.3 is 0 Å². The first-order chi connectivity index (χ1) is 7.15. The lowest BCUT2D eigenvalue weighted by atomic mass is 10.0. The summed E-state index contributed by atoms with van der Waals surface area (Å²) in [7, 11) is 0. The first-order valence-electron chi connectivity index (χ1n) is 5.33. The summed E-state index contributed by atoms with van der Waals surface area (Å²) in [4.78, 5) is 1.34. The standard InChI is InChI=1S/C11H19BrN2S/c1-3-8(2)10(13)6-14-7-11-9(12)4-5-15-11/h4-5,8,10,14H,3,6-7,13H2,1-2H3. The second kappa shape index (κ2) is 6.63. The van der Waals surface area contributed by atoms with Crippen molar-refractivity contribution in [1.82, 2.24) is 5.32 Å². The van der Waals surface area contributed by atoms with Gasteiger partial charge in [-0.05, 0) is 33.3 Å². The lowest BCUT2D eigenvalue weighted by molar-refractivity contribution is 0.419. The second-order valence-corrected chi connectivity index (χ2v) is 5.73. The minimum Gasteiger partial charge on any atom is -0.326 e. The summed E-state index contributed by atoms with van der Waals surface area (Å²) in [5.41, 5.74) is 6.03. The van der Waals surface area contributed by atoms with Crippen molar-refractivity contribution in [2.24, 2.45) is 11.7 Å².